The van der Waals surface area contributed by atoms with Crippen molar-refractivity contribution < 1.29 is 27.5 Å². The van der Waals surface area contributed by atoms with Crippen molar-refractivity contribution in [2.45, 2.75) is 44.0 Å². The number of carboxylic acid groups (broad SMARTS) is 1. The standard InChI is InChI=1S/C15H21FN2O5S/c1-4-24(22,23)12-9-10(16)5-6-11(12)17-14(21)18-15(2,3)8-7-13(19)20/h5-6,9H,4,7-8H2,1-3H3,(H,19,20)(H2,17,18,21). The molecular weight excluding hydrogens is 339 g/mol. The van der Waals surface area contributed by atoms with Crippen molar-refractivity contribution in [1.29, 1.82) is 0 Å². The Labute approximate surface area is 140 Å². The van der Waals surface area contributed by atoms with Gasteiger partial charge in [-0.1, -0.05) is 6.92 Å². The maximum atomic E-state index is 13.4. The first-order chi connectivity index (χ1) is 11.0. The smallest absolute Gasteiger partial charge is 0.319 e. The first-order valence-electron chi connectivity index (χ1n) is 7.30. The average Bonchev–Trinajstić information content (AvgIpc) is 2.46. The van der Waals surface area contributed by atoms with Crippen molar-refractivity contribution in [1.82, 2.24) is 5.32 Å². The summed E-state index contributed by atoms with van der Waals surface area (Å²) in [6.45, 7) is 4.70. The van der Waals surface area contributed by atoms with Crippen LogP contribution in [0, 0.1) is 5.82 Å². The molecule has 0 unspecified atom stereocenters. The van der Waals surface area contributed by atoms with E-state index in [0.717, 1.165) is 12.1 Å². The van der Waals surface area contributed by atoms with Crippen molar-refractivity contribution in [2.75, 3.05) is 11.1 Å². The van der Waals surface area contributed by atoms with Gasteiger partial charge in [-0.05, 0) is 38.5 Å². The van der Waals surface area contributed by atoms with Gasteiger partial charge in [0.25, 0.3) is 0 Å². The van der Waals surface area contributed by atoms with Crippen molar-refractivity contribution >= 4 is 27.5 Å². The Balaban J connectivity index is 2.94. The highest BCUT2D eigenvalue weighted by Crippen LogP contribution is 2.24. The van der Waals surface area contributed by atoms with Crippen molar-refractivity contribution in [2.24, 2.45) is 0 Å². The van der Waals surface area contributed by atoms with Gasteiger partial charge in [0.1, 0.15) is 5.82 Å². The summed E-state index contributed by atoms with van der Waals surface area (Å²) in [6.07, 6.45) is 0.0680. The lowest BCUT2D eigenvalue weighted by molar-refractivity contribution is -0.137. The number of halogens is 1. The normalized spacial score (nSPS) is 11.8. The van der Waals surface area contributed by atoms with Crippen molar-refractivity contribution in [3.63, 3.8) is 0 Å². The fourth-order valence-electron chi connectivity index (χ4n) is 1.96. The number of urea groups is 1. The third kappa shape index (κ3) is 5.80. The molecule has 2 amide bonds. The molecule has 0 saturated carbocycles. The van der Waals surface area contributed by atoms with Crippen LogP contribution in [0.2, 0.25) is 0 Å². The Bertz CT molecular complexity index is 731. The molecule has 0 fully saturated rings. The van der Waals surface area contributed by atoms with E-state index in [4.69, 9.17) is 5.11 Å². The van der Waals surface area contributed by atoms with E-state index >= 15 is 0 Å². The van der Waals surface area contributed by atoms with E-state index in [0.29, 0.717) is 0 Å². The quantitative estimate of drug-likeness (QED) is 0.691. The Morgan fingerprint density at radius 1 is 1.29 bits per heavy atom. The molecule has 9 heteroatoms. The lowest BCUT2D eigenvalue weighted by Crippen LogP contribution is -2.46. The van der Waals surface area contributed by atoms with Crippen LogP contribution in [0.25, 0.3) is 0 Å². The van der Waals surface area contributed by atoms with Crippen LogP contribution in [0.1, 0.15) is 33.6 Å². The highest BCUT2D eigenvalue weighted by Gasteiger charge is 2.23. The third-order valence-corrected chi connectivity index (χ3v) is 5.09. The van der Waals surface area contributed by atoms with E-state index in [1.165, 1.54) is 13.0 Å². The van der Waals surface area contributed by atoms with Crippen LogP contribution in [-0.2, 0) is 14.6 Å². The third-order valence-electron chi connectivity index (χ3n) is 3.32. The summed E-state index contributed by atoms with van der Waals surface area (Å²) in [5, 5.41) is 13.6. The number of benzene rings is 1. The minimum absolute atomic E-state index is 0.0372. The number of nitrogens with one attached hydrogen (secondary N) is 2. The SMILES string of the molecule is CCS(=O)(=O)c1cc(F)ccc1NC(=O)NC(C)(C)CCC(=O)O. The summed E-state index contributed by atoms with van der Waals surface area (Å²) in [7, 11) is -3.72. The number of amides is 2. The maximum Gasteiger partial charge on any atom is 0.319 e. The van der Waals surface area contributed by atoms with Gasteiger partial charge in [0, 0.05) is 12.0 Å². The van der Waals surface area contributed by atoms with E-state index < -0.39 is 33.2 Å². The molecule has 7 nitrogen and oxygen atoms in total. The van der Waals surface area contributed by atoms with Crippen LogP contribution in [-0.4, -0.2) is 36.8 Å². The summed E-state index contributed by atoms with van der Waals surface area (Å²) in [5.74, 6) is -1.95. The molecule has 134 valence electrons. The highest BCUT2D eigenvalue weighted by atomic mass is 32.2. The molecule has 0 spiro atoms. The van der Waals surface area contributed by atoms with E-state index in [1.54, 1.807) is 13.8 Å². The molecule has 0 heterocycles. The fraction of sp³-hybridized carbons (Fsp3) is 0.467. The molecule has 0 radical (unpaired) electrons. The number of carbonyl (C=O) groups is 2. The number of aliphatic carboxylic acids is 1. The zero-order chi connectivity index (χ0) is 18.5. The van der Waals surface area contributed by atoms with E-state index in [1.807, 2.05) is 0 Å². The van der Waals surface area contributed by atoms with Gasteiger partial charge in [0.2, 0.25) is 0 Å². The highest BCUT2D eigenvalue weighted by molar-refractivity contribution is 7.91. The zero-order valence-electron chi connectivity index (χ0n) is 13.7. The van der Waals surface area contributed by atoms with Crippen molar-refractivity contribution in [3.05, 3.63) is 24.0 Å². The topological polar surface area (TPSA) is 113 Å². The van der Waals surface area contributed by atoms with E-state index in [-0.39, 0.29) is 29.2 Å². The molecule has 0 saturated heterocycles. The molecule has 0 bridgehead atoms. The van der Waals surface area contributed by atoms with Gasteiger partial charge in [-0.2, -0.15) is 0 Å². The molecule has 0 aliphatic carbocycles. The summed E-state index contributed by atoms with van der Waals surface area (Å²) in [6, 6.07) is 2.36. The average molecular weight is 360 g/mol. The molecule has 0 aromatic heterocycles. The largest absolute Gasteiger partial charge is 0.481 e. The lowest BCUT2D eigenvalue weighted by Gasteiger charge is -2.26. The number of rotatable bonds is 7. The molecule has 24 heavy (non-hydrogen) atoms. The molecule has 0 atom stereocenters. The first kappa shape index (κ1) is 19.9. The fourth-order valence-corrected chi connectivity index (χ4v) is 3.01. The van der Waals surface area contributed by atoms with Crippen LogP contribution >= 0.6 is 0 Å². The first-order valence-corrected chi connectivity index (χ1v) is 8.95. The van der Waals surface area contributed by atoms with Crippen LogP contribution in [0.4, 0.5) is 14.9 Å². The number of carboxylic acids is 1. The van der Waals surface area contributed by atoms with Crippen LogP contribution in [0.5, 0.6) is 0 Å². The van der Waals surface area contributed by atoms with E-state index in [2.05, 4.69) is 10.6 Å². The molecule has 0 aliphatic rings. The zero-order valence-corrected chi connectivity index (χ0v) is 14.5. The number of anilines is 1. The number of sulfone groups is 1. The number of hydrogen-bond donors (Lipinski definition) is 3. The molecule has 1 aromatic rings. The predicted octanol–water partition coefficient (Wildman–Crippen LogP) is 2.38. The summed E-state index contributed by atoms with van der Waals surface area (Å²) in [4.78, 5) is 22.4. The van der Waals surface area contributed by atoms with Gasteiger partial charge in [-0.15, -0.1) is 0 Å². The van der Waals surface area contributed by atoms with Gasteiger partial charge < -0.3 is 15.7 Å². The van der Waals surface area contributed by atoms with Crippen LogP contribution in [0.15, 0.2) is 23.1 Å². The molecule has 1 aromatic carbocycles. The molecule has 3 N–H and O–H groups in total. The predicted molar refractivity (Wildman–Crippen MR) is 87.2 cm³/mol. The van der Waals surface area contributed by atoms with Gasteiger partial charge in [0.15, 0.2) is 9.84 Å². The second-order valence-corrected chi connectivity index (χ2v) is 8.15. The van der Waals surface area contributed by atoms with Gasteiger partial charge in [-0.25, -0.2) is 17.6 Å². The number of carbonyl (C=O) groups excluding carboxylic acids is 1. The van der Waals surface area contributed by atoms with Crippen molar-refractivity contribution in [3.8, 4) is 0 Å². The summed E-state index contributed by atoms with van der Waals surface area (Å²) >= 11 is 0. The van der Waals surface area contributed by atoms with Crippen LogP contribution < -0.4 is 10.6 Å². The molecule has 1 rings (SSSR count). The second kappa shape index (κ2) is 7.61. The Kier molecular flexibility index (Phi) is 6.30. The minimum atomic E-state index is -3.72. The van der Waals surface area contributed by atoms with E-state index in [9.17, 15) is 22.4 Å². The monoisotopic (exact) mass is 360 g/mol. The summed E-state index contributed by atoms with van der Waals surface area (Å²) in [5.41, 5.74) is -0.850. The second-order valence-electron chi connectivity index (χ2n) is 5.90. The maximum absolute atomic E-state index is 13.4. The van der Waals surface area contributed by atoms with Gasteiger partial charge in [0.05, 0.1) is 16.3 Å². The van der Waals surface area contributed by atoms with Gasteiger partial charge >= 0.3 is 12.0 Å². The lowest BCUT2D eigenvalue weighted by atomic mass is 9.99. The Hall–Kier alpha value is -2.16. The van der Waals surface area contributed by atoms with Gasteiger partial charge in [-0.3, -0.25) is 4.79 Å². The Morgan fingerprint density at radius 2 is 1.92 bits per heavy atom. The van der Waals surface area contributed by atoms with Crippen LogP contribution in [0.3, 0.4) is 0 Å². The molecule has 0 aliphatic heterocycles. The summed E-state index contributed by atoms with van der Waals surface area (Å²) < 4.78 is 37.4. The Morgan fingerprint density at radius 3 is 2.46 bits per heavy atom. The molecular formula is C15H21FN2O5S. The number of hydrogen-bond acceptors (Lipinski definition) is 4. The minimum Gasteiger partial charge on any atom is -0.481 e.